The van der Waals surface area contributed by atoms with Gasteiger partial charge in [-0.05, 0) is 48.9 Å². The fourth-order valence-corrected chi connectivity index (χ4v) is 2.80. The van der Waals surface area contributed by atoms with Gasteiger partial charge >= 0.3 is 0 Å². The molecule has 0 saturated carbocycles. The van der Waals surface area contributed by atoms with Crippen molar-refractivity contribution in [1.82, 2.24) is 14.9 Å². The van der Waals surface area contributed by atoms with E-state index >= 15 is 0 Å². The Morgan fingerprint density at radius 1 is 1.25 bits per heavy atom. The lowest BCUT2D eigenvalue weighted by molar-refractivity contribution is -0.121. The van der Waals surface area contributed by atoms with Gasteiger partial charge in [-0.3, -0.25) is 9.78 Å². The van der Waals surface area contributed by atoms with E-state index in [-0.39, 0.29) is 11.9 Å². The van der Waals surface area contributed by atoms with Gasteiger partial charge in [-0.25, -0.2) is 0 Å². The monoisotopic (exact) mass is 339 g/mol. The third-order valence-electron chi connectivity index (χ3n) is 3.82. The lowest BCUT2D eigenvalue weighted by Crippen LogP contribution is -2.28. The third kappa shape index (κ3) is 3.84. The smallest absolute Gasteiger partial charge is 0.226 e. The maximum absolute atomic E-state index is 12.4. The van der Waals surface area contributed by atoms with Crippen LogP contribution in [0, 0.1) is 0 Å². The standard InChI is InChI=1S/C19H18ClN3O/c1-14(15-5-3-9-21-13-15)22-19(24)12-18-8-4-10-23(18)17-7-2-6-16(20)11-17/h2-11,13-14H,12H2,1H3,(H,22,24)/t14-/m0/s1. The molecule has 0 fully saturated rings. The number of carbonyl (C=O) groups is 1. The highest BCUT2D eigenvalue weighted by Crippen LogP contribution is 2.18. The predicted molar refractivity (Wildman–Crippen MR) is 95.3 cm³/mol. The van der Waals surface area contributed by atoms with Crippen molar-refractivity contribution in [3.63, 3.8) is 0 Å². The van der Waals surface area contributed by atoms with Gasteiger partial charge in [-0.2, -0.15) is 0 Å². The molecule has 0 aliphatic rings. The Labute approximate surface area is 146 Å². The number of nitrogens with one attached hydrogen (secondary N) is 1. The van der Waals surface area contributed by atoms with Crippen LogP contribution in [-0.4, -0.2) is 15.5 Å². The summed E-state index contributed by atoms with van der Waals surface area (Å²) in [5.74, 6) is -0.0340. The zero-order chi connectivity index (χ0) is 16.9. The first kappa shape index (κ1) is 16.3. The van der Waals surface area contributed by atoms with Gasteiger partial charge in [0.2, 0.25) is 5.91 Å². The highest BCUT2D eigenvalue weighted by molar-refractivity contribution is 6.30. The highest BCUT2D eigenvalue weighted by atomic mass is 35.5. The molecular weight excluding hydrogens is 322 g/mol. The average Bonchev–Trinajstić information content (AvgIpc) is 3.03. The molecule has 24 heavy (non-hydrogen) atoms. The Bertz CT molecular complexity index is 829. The van der Waals surface area contributed by atoms with Gasteiger partial charge in [0, 0.05) is 35.0 Å². The molecule has 122 valence electrons. The van der Waals surface area contributed by atoms with Gasteiger partial charge in [-0.1, -0.05) is 23.7 Å². The second-order valence-corrected chi connectivity index (χ2v) is 6.04. The van der Waals surface area contributed by atoms with Gasteiger partial charge in [0.1, 0.15) is 0 Å². The summed E-state index contributed by atoms with van der Waals surface area (Å²) in [5.41, 5.74) is 2.83. The Morgan fingerprint density at radius 2 is 2.12 bits per heavy atom. The zero-order valence-electron chi connectivity index (χ0n) is 13.3. The molecule has 2 heterocycles. The molecule has 0 aliphatic carbocycles. The molecule has 3 aromatic rings. The van der Waals surface area contributed by atoms with Crippen LogP contribution in [0.2, 0.25) is 5.02 Å². The summed E-state index contributed by atoms with van der Waals surface area (Å²) in [6, 6.07) is 15.2. The average molecular weight is 340 g/mol. The summed E-state index contributed by atoms with van der Waals surface area (Å²) in [5, 5.41) is 3.67. The summed E-state index contributed by atoms with van der Waals surface area (Å²) in [6.07, 6.45) is 5.71. The molecule has 1 amide bonds. The van der Waals surface area contributed by atoms with Crippen LogP contribution in [0.1, 0.15) is 24.2 Å². The molecule has 2 aromatic heterocycles. The molecular formula is C19H18ClN3O. The molecule has 0 bridgehead atoms. The van der Waals surface area contributed by atoms with E-state index in [2.05, 4.69) is 10.3 Å². The van der Waals surface area contributed by atoms with E-state index in [0.29, 0.717) is 11.4 Å². The Morgan fingerprint density at radius 3 is 2.88 bits per heavy atom. The van der Waals surface area contributed by atoms with Crippen LogP contribution in [0.5, 0.6) is 0 Å². The summed E-state index contributed by atoms with van der Waals surface area (Å²) < 4.78 is 1.97. The number of benzene rings is 1. The van der Waals surface area contributed by atoms with E-state index in [0.717, 1.165) is 16.9 Å². The maximum Gasteiger partial charge on any atom is 0.226 e. The lowest BCUT2D eigenvalue weighted by Gasteiger charge is -2.15. The molecule has 1 aromatic carbocycles. The minimum atomic E-state index is -0.0826. The molecule has 0 radical (unpaired) electrons. The number of rotatable bonds is 5. The number of nitrogens with zero attached hydrogens (tertiary/aromatic N) is 2. The normalized spacial score (nSPS) is 11.9. The van der Waals surface area contributed by atoms with Crippen LogP contribution in [0.25, 0.3) is 5.69 Å². The van der Waals surface area contributed by atoms with Gasteiger partial charge in [-0.15, -0.1) is 0 Å². The molecule has 0 aliphatic heterocycles. The van der Waals surface area contributed by atoms with Crippen LogP contribution < -0.4 is 5.32 Å². The number of hydrogen-bond acceptors (Lipinski definition) is 2. The Balaban J connectivity index is 1.71. The molecule has 4 nitrogen and oxygen atoms in total. The second-order valence-electron chi connectivity index (χ2n) is 5.60. The van der Waals surface area contributed by atoms with Gasteiger partial charge < -0.3 is 9.88 Å². The van der Waals surface area contributed by atoms with E-state index in [1.807, 2.05) is 66.2 Å². The first-order chi connectivity index (χ1) is 11.6. The van der Waals surface area contributed by atoms with E-state index in [1.165, 1.54) is 0 Å². The fraction of sp³-hybridized carbons (Fsp3) is 0.158. The van der Waals surface area contributed by atoms with E-state index in [1.54, 1.807) is 12.4 Å². The minimum absolute atomic E-state index is 0.0340. The van der Waals surface area contributed by atoms with E-state index in [9.17, 15) is 4.79 Å². The van der Waals surface area contributed by atoms with E-state index in [4.69, 9.17) is 11.6 Å². The van der Waals surface area contributed by atoms with Gasteiger partial charge in [0.15, 0.2) is 0 Å². The SMILES string of the molecule is C[C@H](NC(=O)Cc1cccn1-c1cccc(Cl)c1)c1cccnc1. The van der Waals surface area contributed by atoms with E-state index < -0.39 is 0 Å². The van der Waals surface area contributed by atoms with Crippen LogP contribution in [-0.2, 0) is 11.2 Å². The summed E-state index contributed by atoms with van der Waals surface area (Å²) >= 11 is 6.06. The number of pyridine rings is 1. The lowest BCUT2D eigenvalue weighted by atomic mass is 10.1. The molecule has 1 N–H and O–H groups in total. The quantitative estimate of drug-likeness (QED) is 0.765. The predicted octanol–water partition coefficient (Wildman–Crippen LogP) is 3.95. The fourth-order valence-electron chi connectivity index (χ4n) is 2.61. The van der Waals surface area contributed by atoms with Crippen molar-refractivity contribution >= 4 is 17.5 Å². The van der Waals surface area contributed by atoms with Crippen molar-refractivity contribution in [3.8, 4) is 5.69 Å². The van der Waals surface area contributed by atoms with Crippen LogP contribution in [0.3, 0.4) is 0 Å². The highest BCUT2D eigenvalue weighted by Gasteiger charge is 2.13. The first-order valence-corrected chi connectivity index (χ1v) is 8.13. The summed E-state index contributed by atoms with van der Waals surface area (Å²) in [6.45, 7) is 1.95. The van der Waals surface area contributed by atoms with Crippen molar-refractivity contribution in [2.75, 3.05) is 0 Å². The van der Waals surface area contributed by atoms with Gasteiger partial charge in [0.05, 0.1) is 12.5 Å². The van der Waals surface area contributed by atoms with Crippen LogP contribution in [0.15, 0.2) is 67.1 Å². The number of hydrogen-bond donors (Lipinski definition) is 1. The summed E-state index contributed by atoms with van der Waals surface area (Å²) in [4.78, 5) is 16.5. The number of aromatic nitrogens is 2. The molecule has 5 heteroatoms. The number of amides is 1. The van der Waals surface area contributed by atoms with Crippen molar-refractivity contribution in [1.29, 1.82) is 0 Å². The van der Waals surface area contributed by atoms with Crippen molar-refractivity contribution in [2.45, 2.75) is 19.4 Å². The van der Waals surface area contributed by atoms with Crippen LogP contribution >= 0.6 is 11.6 Å². The molecule has 1 atom stereocenters. The maximum atomic E-state index is 12.4. The number of halogens is 1. The molecule has 3 rings (SSSR count). The van der Waals surface area contributed by atoms with Crippen molar-refractivity contribution in [2.24, 2.45) is 0 Å². The molecule has 0 unspecified atom stereocenters. The first-order valence-electron chi connectivity index (χ1n) is 7.75. The number of carbonyl (C=O) groups excluding carboxylic acids is 1. The van der Waals surface area contributed by atoms with Crippen molar-refractivity contribution in [3.05, 3.63) is 83.4 Å². The van der Waals surface area contributed by atoms with Crippen LogP contribution in [0.4, 0.5) is 0 Å². The summed E-state index contributed by atoms with van der Waals surface area (Å²) in [7, 11) is 0. The van der Waals surface area contributed by atoms with Gasteiger partial charge in [0.25, 0.3) is 0 Å². The van der Waals surface area contributed by atoms with Crippen molar-refractivity contribution < 1.29 is 4.79 Å². The molecule has 0 saturated heterocycles. The second kappa shape index (κ2) is 7.32. The largest absolute Gasteiger partial charge is 0.349 e. The third-order valence-corrected chi connectivity index (χ3v) is 4.06. The minimum Gasteiger partial charge on any atom is -0.349 e. The zero-order valence-corrected chi connectivity index (χ0v) is 14.1. The topological polar surface area (TPSA) is 46.9 Å². The Hall–Kier alpha value is -2.59. The molecule has 0 spiro atoms. The Kier molecular flexibility index (Phi) is 4.96.